The number of phenolic OH excluding ortho intramolecular Hbond substituents is 1. The second-order valence-electron chi connectivity index (χ2n) is 4.28. The Hall–Kier alpha value is -3.10. The predicted molar refractivity (Wildman–Crippen MR) is 71.2 cm³/mol. The van der Waals surface area contributed by atoms with E-state index in [1.54, 1.807) is 24.4 Å². The van der Waals surface area contributed by atoms with Gasteiger partial charge in [0.2, 0.25) is 5.88 Å². The number of hydrogen-bond donors (Lipinski definition) is 2. The van der Waals surface area contributed by atoms with Crippen LogP contribution in [0.2, 0.25) is 0 Å². The van der Waals surface area contributed by atoms with Gasteiger partial charge in [0.15, 0.2) is 0 Å². The molecular formula is C12H12N6O3. The van der Waals surface area contributed by atoms with Gasteiger partial charge >= 0.3 is 5.69 Å². The molecule has 108 valence electrons. The number of aryl methyl sites for hydroxylation is 1. The number of aromatic hydroxyl groups is 1. The minimum Gasteiger partial charge on any atom is -0.507 e. The van der Waals surface area contributed by atoms with Crippen molar-refractivity contribution in [3.05, 3.63) is 46.5 Å². The second-order valence-corrected chi connectivity index (χ2v) is 4.28. The van der Waals surface area contributed by atoms with Crippen LogP contribution in [-0.4, -0.2) is 35.1 Å². The van der Waals surface area contributed by atoms with Crippen molar-refractivity contribution in [2.45, 2.75) is 6.61 Å². The molecule has 1 aromatic carbocycles. The Kier molecular flexibility index (Phi) is 3.14. The molecule has 0 aliphatic rings. The number of benzene rings is 1. The maximum Gasteiger partial charge on any atom is 0.368 e. The molecule has 0 spiro atoms. The molecule has 2 aromatic heterocycles. The van der Waals surface area contributed by atoms with E-state index in [9.17, 15) is 9.90 Å². The number of hydrogen-bond acceptors (Lipinski definition) is 6. The van der Waals surface area contributed by atoms with Crippen molar-refractivity contribution < 1.29 is 9.84 Å². The Morgan fingerprint density at radius 3 is 2.86 bits per heavy atom. The topological polar surface area (TPSA) is 111 Å². The summed E-state index contributed by atoms with van der Waals surface area (Å²) in [4.78, 5) is 11.9. The van der Waals surface area contributed by atoms with Gasteiger partial charge in [-0.3, -0.25) is 0 Å². The van der Waals surface area contributed by atoms with Gasteiger partial charge in [0.1, 0.15) is 12.4 Å². The van der Waals surface area contributed by atoms with Crippen LogP contribution in [0.25, 0.3) is 5.69 Å². The molecule has 0 fully saturated rings. The van der Waals surface area contributed by atoms with Gasteiger partial charge in [0, 0.05) is 13.1 Å². The van der Waals surface area contributed by atoms with Crippen LogP contribution in [0.1, 0.15) is 5.56 Å². The van der Waals surface area contributed by atoms with E-state index in [2.05, 4.69) is 20.6 Å². The summed E-state index contributed by atoms with van der Waals surface area (Å²) in [5.41, 5.74) is 0.422. The van der Waals surface area contributed by atoms with Crippen LogP contribution < -0.4 is 10.4 Å². The van der Waals surface area contributed by atoms with E-state index in [0.717, 1.165) is 9.36 Å². The number of ether oxygens (including phenoxy) is 1. The molecule has 3 rings (SSSR count). The highest BCUT2D eigenvalue weighted by Gasteiger charge is 2.15. The van der Waals surface area contributed by atoms with Gasteiger partial charge in [-0.05, 0) is 22.6 Å². The van der Waals surface area contributed by atoms with Crippen LogP contribution in [0.3, 0.4) is 0 Å². The molecule has 0 amide bonds. The number of tetrazole rings is 1. The lowest BCUT2D eigenvalue weighted by Gasteiger charge is -2.10. The number of rotatable bonds is 4. The third-order valence-electron chi connectivity index (χ3n) is 2.92. The minimum absolute atomic E-state index is 0.00423. The lowest BCUT2D eigenvalue weighted by Crippen LogP contribution is -2.23. The molecule has 2 N–H and O–H groups in total. The summed E-state index contributed by atoms with van der Waals surface area (Å²) in [6.07, 6.45) is 1.55. The summed E-state index contributed by atoms with van der Waals surface area (Å²) in [6, 6.07) is 6.43. The molecule has 9 nitrogen and oxygen atoms in total. The zero-order valence-corrected chi connectivity index (χ0v) is 11.1. The van der Waals surface area contributed by atoms with E-state index in [4.69, 9.17) is 4.74 Å². The first kappa shape index (κ1) is 12.9. The average molecular weight is 288 g/mol. The lowest BCUT2D eigenvalue weighted by molar-refractivity contribution is 0.286. The fourth-order valence-electron chi connectivity index (χ4n) is 1.85. The minimum atomic E-state index is -0.414. The van der Waals surface area contributed by atoms with Gasteiger partial charge in [-0.1, -0.05) is 6.07 Å². The molecule has 9 heteroatoms. The van der Waals surface area contributed by atoms with E-state index >= 15 is 0 Å². The maximum absolute atomic E-state index is 11.9. The van der Waals surface area contributed by atoms with Gasteiger partial charge in [-0.25, -0.2) is 9.89 Å². The molecular weight excluding hydrogens is 276 g/mol. The van der Waals surface area contributed by atoms with E-state index < -0.39 is 5.69 Å². The molecule has 2 heterocycles. The summed E-state index contributed by atoms with van der Waals surface area (Å²) in [7, 11) is 1.50. The van der Waals surface area contributed by atoms with Crippen molar-refractivity contribution in [3.8, 4) is 17.3 Å². The average Bonchev–Trinajstić information content (AvgIpc) is 3.09. The van der Waals surface area contributed by atoms with Crippen molar-refractivity contribution in [1.82, 2.24) is 30.0 Å². The Labute approximate surface area is 118 Å². The second kappa shape index (κ2) is 5.12. The Morgan fingerprint density at radius 2 is 2.19 bits per heavy atom. The van der Waals surface area contributed by atoms with Gasteiger partial charge in [0.05, 0.1) is 17.4 Å². The molecule has 0 unspecified atom stereocenters. The zero-order valence-electron chi connectivity index (χ0n) is 11.1. The third kappa shape index (κ3) is 2.36. The fraction of sp³-hybridized carbons (Fsp3) is 0.167. The fourth-order valence-corrected chi connectivity index (χ4v) is 1.85. The predicted octanol–water partition coefficient (Wildman–Crippen LogP) is -0.0263. The Morgan fingerprint density at radius 1 is 1.33 bits per heavy atom. The third-order valence-corrected chi connectivity index (χ3v) is 2.92. The van der Waals surface area contributed by atoms with Crippen LogP contribution in [0.15, 0.2) is 35.3 Å². The monoisotopic (exact) mass is 288 g/mol. The van der Waals surface area contributed by atoms with Crippen molar-refractivity contribution in [2.75, 3.05) is 0 Å². The summed E-state index contributed by atoms with van der Waals surface area (Å²) < 4.78 is 7.68. The Balaban J connectivity index is 1.99. The van der Waals surface area contributed by atoms with Crippen molar-refractivity contribution >= 4 is 0 Å². The normalized spacial score (nSPS) is 10.7. The molecule has 0 radical (unpaired) electrons. The molecule has 0 saturated carbocycles. The number of nitrogens with zero attached hydrogens (tertiary/aromatic N) is 5. The molecule has 21 heavy (non-hydrogen) atoms. The van der Waals surface area contributed by atoms with Crippen molar-refractivity contribution in [3.63, 3.8) is 0 Å². The van der Waals surface area contributed by atoms with Crippen molar-refractivity contribution in [2.24, 2.45) is 7.05 Å². The molecule has 0 bridgehead atoms. The van der Waals surface area contributed by atoms with Crippen LogP contribution in [0, 0.1) is 0 Å². The van der Waals surface area contributed by atoms with Crippen LogP contribution in [0.4, 0.5) is 0 Å². The van der Waals surface area contributed by atoms with Gasteiger partial charge in [-0.15, -0.1) is 0 Å². The summed E-state index contributed by atoms with van der Waals surface area (Å²) in [5, 5.41) is 23.8. The van der Waals surface area contributed by atoms with E-state index in [1.165, 1.54) is 13.1 Å². The van der Waals surface area contributed by atoms with Crippen molar-refractivity contribution in [1.29, 1.82) is 0 Å². The molecule has 0 aliphatic heterocycles. The van der Waals surface area contributed by atoms with Crippen LogP contribution >= 0.6 is 0 Å². The first-order valence-electron chi connectivity index (χ1n) is 6.09. The SMILES string of the molecule is Cn1nnn(-c2cccc(O)c2COc2ccn[nH]2)c1=O. The molecule has 3 aromatic rings. The summed E-state index contributed by atoms with van der Waals surface area (Å²) in [5.74, 6) is 0.459. The van der Waals surface area contributed by atoms with Gasteiger partial charge in [0.25, 0.3) is 0 Å². The number of H-pyrrole nitrogens is 1. The standard InChI is InChI=1S/C12H12N6O3/c1-17-12(20)18(16-15-17)9-3-2-4-10(19)8(9)7-21-11-5-6-13-14-11/h2-6,19H,7H2,1H3,(H,13,14). The number of aromatic nitrogens is 6. The van der Waals surface area contributed by atoms with E-state index in [0.29, 0.717) is 17.1 Å². The molecule has 0 atom stereocenters. The highest BCUT2D eigenvalue weighted by Crippen LogP contribution is 2.24. The van der Waals surface area contributed by atoms with Gasteiger partial charge in [-0.2, -0.15) is 14.5 Å². The largest absolute Gasteiger partial charge is 0.507 e. The highest BCUT2D eigenvalue weighted by molar-refractivity contribution is 5.48. The lowest BCUT2D eigenvalue weighted by atomic mass is 10.1. The number of phenols is 1. The van der Waals surface area contributed by atoms with Crippen LogP contribution in [-0.2, 0) is 13.7 Å². The van der Waals surface area contributed by atoms with Gasteiger partial charge < -0.3 is 9.84 Å². The quantitative estimate of drug-likeness (QED) is 0.697. The van der Waals surface area contributed by atoms with Crippen LogP contribution in [0.5, 0.6) is 11.6 Å². The smallest absolute Gasteiger partial charge is 0.368 e. The van der Waals surface area contributed by atoms with E-state index in [-0.39, 0.29) is 12.4 Å². The maximum atomic E-state index is 11.9. The number of nitrogens with one attached hydrogen (secondary N) is 1. The first-order chi connectivity index (χ1) is 10.2. The number of aromatic amines is 1. The zero-order chi connectivity index (χ0) is 14.8. The summed E-state index contributed by atoms with van der Waals surface area (Å²) in [6.45, 7) is 0.0488. The van der Waals surface area contributed by atoms with E-state index in [1.807, 2.05) is 0 Å². The molecule has 0 aliphatic carbocycles. The Bertz CT molecular complexity index is 805. The first-order valence-corrected chi connectivity index (χ1v) is 6.09. The summed E-state index contributed by atoms with van der Waals surface area (Å²) >= 11 is 0. The highest BCUT2D eigenvalue weighted by atomic mass is 16.5. The molecule has 0 saturated heterocycles.